The van der Waals surface area contributed by atoms with Gasteiger partial charge in [-0.15, -0.1) is 0 Å². The third-order valence-corrected chi connectivity index (χ3v) is 3.72. The van der Waals surface area contributed by atoms with Gasteiger partial charge in [0.05, 0.1) is 0 Å². The van der Waals surface area contributed by atoms with E-state index >= 15 is 0 Å². The van der Waals surface area contributed by atoms with Crippen LogP contribution in [0.15, 0.2) is 36.7 Å². The zero-order valence-corrected chi connectivity index (χ0v) is 14.2. The Morgan fingerprint density at radius 2 is 2.08 bits per heavy atom. The highest BCUT2D eigenvalue weighted by Gasteiger charge is 2.12. The number of nitrogens with zero attached hydrogens (tertiary/aromatic N) is 2. The molecule has 24 heavy (non-hydrogen) atoms. The highest BCUT2D eigenvalue weighted by molar-refractivity contribution is 5.98. The highest BCUT2D eigenvalue weighted by Crippen LogP contribution is 2.18. The van der Waals surface area contributed by atoms with Gasteiger partial charge < -0.3 is 16.0 Å². The number of carbonyl (C=O) groups is 2. The minimum absolute atomic E-state index is 0.176. The molecule has 1 unspecified atom stereocenters. The number of hydrogen-bond donors (Lipinski definition) is 3. The van der Waals surface area contributed by atoms with Crippen molar-refractivity contribution in [1.29, 1.82) is 0 Å². The van der Waals surface area contributed by atoms with Crippen molar-refractivity contribution < 1.29 is 9.59 Å². The number of amides is 3. The maximum atomic E-state index is 12.1. The minimum atomic E-state index is -0.292. The molecule has 0 aliphatic carbocycles. The lowest BCUT2D eigenvalue weighted by atomic mass is 10.1. The molecule has 1 aromatic carbocycles. The fraction of sp³-hybridized carbons (Fsp3) is 0.353. The zero-order valence-electron chi connectivity index (χ0n) is 14.2. The first-order valence-electron chi connectivity index (χ1n) is 7.85. The minimum Gasteiger partial charge on any atom is -0.355 e. The lowest BCUT2D eigenvalue weighted by molar-refractivity contribution is 0.0962. The largest absolute Gasteiger partial charge is 0.355 e. The van der Waals surface area contributed by atoms with Crippen molar-refractivity contribution in [1.82, 2.24) is 20.4 Å². The molecule has 0 fully saturated rings. The lowest BCUT2D eigenvalue weighted by Gasteiger charge is -2.15. The van der Waals surface area contributed by atoms with E-state index in [0.717, 1.165) is 12.1 Å². The molecule has 1 aromatic heterocycles. The quantitative estimate of drug-likeness (QED) is 0.757. The number of rotatable bonds is 6. The first-order chi connectivity index (χ1) is 11.5. The molecule has 7 nitrogen and oxygen atoms in total. The van der Waals surface area contributed by atoms with Gasteiger partial charge in [-0.2, -0.15) is 5.10 Å². The lowest BCUT2D eigenvalue weighted by Crippen LogP contribution is -2.34. The van der Waals surface area contributed by atoms with Crippen molar-refractivity contribution in [2.24, 2.45) is 5.92 Å². The second kappa shape index (κ2) is 8.14. The molecular weight excluding hydrogens is 306 g/mol. The Balaban J connectivity index is 1.89. The molecule has 2 rings (SSSR count). The van der Waals surface area contributed by atoms with Gasteiger partial charge in [0.25, 0.3) is 5.91 Å². The van der Waals surface area contributed by atoms with Gasteiger partial charge in [-0.25, -0.2) is 4.79 Å². The summed E-state index contributed by atoms with van der Waals surface area (Å²) in [5.74, 6) is 0.0679. The van der Waals surface area contributed by atoms with Crippen molar-refractivity contribution in [3.05, 3.63) is 47.8 Å². The predicted molar refractivity (Wildman–Crippen MR) is 93.0 cm³/mol. The Kier molecular flexibility index (Phi) is 5.95. The van der Waals surface area contributed by atoms with Gasteiger partial charge in [-0.1, -0.05) is 13.0 Å². The molecule has 0 saturated carbocycles. The monoisotopic (exact) mass is 329 g/mol. The summed E-state index contributed by atoms with van der Waals surface area (Å²) in [6.45, 7) is 5.11. The van der Waals surface area contributed by atoms with E-state index < -0.39 is 0 Å². The van der Waals surface area contributed by atoms with Crippen molar-refractivity contribution in [3.8, 4) is 0 Å². The second-order valence-electron chi connectivity index (χ2n) is 5.73. The summed E-state index contributed by atoms with van der Waals surface area (Å²) < 4.78 is 1.83. The smallest absolute Gasteiger partial charge is 0.319 e. The second-order valence-corrected chi connectivity index (χ2v) is 5.73. The van der Waals surface area contributed by atoms with E-state index in [1.54, 1.807) is 38.4 Å². The topological polar surface area (TPSA) is 88.0 Å². The average Bonchev–Trinajstić information content (AvgIpc) is 3.07. The van der Waals surface area contributed by atoms with E-state index in [1.165, 1.54) is 0 Å². The number of aromatic nitrogens is 2. The summed E-state index contributed by atoms with van der Waals surface area (Å²) >= 11 is 0. The SMILES string of the molecule is CNC(=O)c1cccc(NC(=O)NCC(C)Cn2cccn2)c1C. The molecule has 2 aromatic rings. The molecule has 1 heterocycles. The summed E-state index contributed by atoms with van der Waals surface area (Å²) in [5.41, 5.74) is 1.90. The summed E-state index contributed by atoms with van der Waals surface area (Å²) in [4.78, 5) is 23.9. The number of hydrogen-bond acceptors (Lipinski definition) is 3. The average molecular weight is 329 g/mol. The van der Waals surface area contributed by atoms with Crippen LogP contribution in [0, 0.1) is 12.8 Å². The fourth-order valence-corrected chi connectivity index (χ4v) is 2.38. The molecule has 3 amide bonds. The van der Waals surface area contributed by atoms with E-state index in [1.807, 2.05) is 23.9 Å². The van der Waals surface area contributed by atoms with Gasteiger partial charge in [0.2, 0.25) is 0 Å². The van der Waals surface area contributed by atoms with E-state index in [4.69, 9.17) is 0 Å². The first-order valence-corrected chi connectivity index (χ1v) is 7.85. The molecule has 1 atom stereocenters. The predicted octanol–water partition coefficient (Wildman–Crippen LogP) is 2.01. The van der Waals surface area contributed by atoms with Gasteiger partial charge in [-0.3, -0.25) is 9.48 Å². The summed E-state index contributed by atoms with van der Waals surface area (Å²) in [6.07, 6.45) is 3.62. The number of carbonyl (C=O) groups excluding carboxylic acids is 2. The Hall–Kier alpha value is -2.83. The van der Waals surface area contributed by atoms with E-state index in [9.17, 15) is 9.59 Å². The zero-order chi connectivity index (χ0) is 17.5. The van der Waals surface area contributed by atoms with E-state index in [-0.39, 0.29) is 17.9 Å². The Bertz CT molecular complexity index is 697. The molecular formula is C17H23N5O2. The van der Waals surface area contributed by atoms with Crippen LogP contribution in [0.1, 0.15) is 22.8 Å². The third kappa shape index (κ3) is 4.58. The van der Waals surface area contributed by atoms with Crippen LogP contribution in [0.25, 0.3) is 0 Å². The van der Waals surface area contributed by atoms with Crippen LogP contribution in [-0.2, 0) is 6.54 Å². The number of benzene rings is 1. The Labute approximate surface area is 141 Å². The van der Waals surface area contributed by atoms with Crippen LogP contribution < -0.4 is 16.0 Å². The fourth-order valence-electron chi connectivity index (χ4n) is 2.38. The third-order valence-electron chi connectivity index (χ3n) is 3.72. The normalized spacial score (nSPS) is 11.6. The van der Waals surface area contributed by atoms with Gasteiger partial charge in [0.15, 0.2) is 0 Å². The van der Waals surface area contributed by atoms with E-state index in [0.29, 0.717) is 17.8 Å². The van der Waals surface area contributed by atoms with Gasteiger partial charge in [0.1, 0.15) is 0 Å². The molecule has 128 valence electrons. The van der Waals surface area contributed by atoms with Gasteiger partial charge in [-0.05, 0) is 36.6 Å². The van der Waals surface area contributed by atoms with Crippen molar-refractivity contribution in [2.75, 3.05) is 18.9 Å². The maximum Gasteiger partial charge on any atom is 0.319 e. The van der Waals surface area contributed by atoms with Crippen LogP contribution in [0.2, 0.25) is 0 Å². The highest BCUT2D eigenvalue weighted by atomic mass is 16.2. The van der Waals surface area contributed by atoms with E-state index in [2.05, 4.69) is 21.0 Å². The molecule has 0 saturated heterocycles. The van der Waals surface area contributed by atoms with Crippen LogP contribution in [0.4, 0.5) is 10.5 Å². The van der Waals surface area contributed by atoms with Gasteiger partial charge in [0, 0.05) is 43.8 Å². The summed E-state index contributed by atoms with van der Waals surface area (Å²) in [7, 11) is 1.58. The maximum absolute atomic E-state index is 12.1. The number of urea groups is 1. The van der Waals surface area contributed by atoms with Crippen LogP contribution in [0.5, 0.6) is 0 Å². The Morgan fingerprint density at radius 1 is 1.29 bits per heavy atom. The first kappa shape index (κ1) is 17.5. The van der Waals surface area contributed by atoms with Crippen molar-refractivity contribution >= 4 is 17.6 Å². The van der Waals surface area contributed by atoms with Gasteiger partial charge >= 0.3 is 6.03 Å². The van der Waals surface area contributed by atoms with Crippen molar-refractivity contribution in [2.45, 2.75) is 20.4 Å². The molecule has 0 bridgehead atoms. The summed E-state index contributed by atoms with van der Waals surface area (Å²) in [5, 5.41) is 12.4. The molecule has 0 aliphatic heterocycles. The summed E-state index contributed by atoms with van der Waals surface area (Å²) in [6, 6.07) is 6.82. The molecule has 0 aliphatic rings. The molecule has 7 heteroatoms. The molecule has 0 radical (unpaired) electrons. The standard InChI is InChI=1S/C17H23N5O2/c1-12(11-22-9-5-8-20-22)10-19-17(24)21-15-7-4-6-14(13(15)2)16(23)18-3/h4-9,12H,10-11H2,1-3H3,(H,18,23)(H2,19,21,24). The van der Waals surface area contributed by atoms with Crippen LogP contribution in [-0.4, -0.2) is 35.3 Å². The number of nitrogens with one attached hydrogen (secondary N) is 3. The Morgan fingerprint density at radius 3 is 2.75 bits per heavy atom. The molecule has 0 spiro atoms. The van der Waals surface area contributed by atoms with Crippen molar-refractivity contribution in [3.63, 3.8) is 0 Å². The van der Waals surface area contributed by atoms with Crippen LogP contribution >= 0.6 is 0 Å². The number of anilines is 1. The van der Waals surface area contributed by atoms with Crippen LogP contribution in [0.3, 0.4) is 0 Å². The molecule has 3 N–H and O–H groups in total.